The average Bonchev–Trinajstić information content (AvgIpc) is 3.09. The van der Waals surface area contributed by atoms with Crippen LogP contribution in [0.2, 0.25) is 0 Å². The lowest BCUT2D eigenvalue weighted by Gasteiger charge is -2.35. The van der Waals surface area contributed by atoms with Crippen LogP contribution in [0.4, 0.5) is 23.1 Å². The second-order valence-electron chi connectivity index (χ2n) is 11.0. The maximum Gasteiger partial charge on any atom is 0.251 e. The van der Waals surface area contributed by atoms with E-state index in [-0.39, 0.29) is 23.8 Å². The Balaban J connectivity index is 0.00000181. The number of carbonyl (C=O) groups excluding carboxylic acids is 2. The van der Waals surface area contributed by atoms with Gasteiger partial charge in [-0.25, -0.2) is 4.98 Å². The number of carbonyl (C=O) groups is 2. The van der Waals surface area contributed by atoms with Gasteiger partial charge >= 0.3 is 0 Å². The highest BCUT2D eigenvalue weighted by atomic mass is 16.5. The summed E-state index contributed by atoms with van der Waals surface area (Å²) in [6, 6.07) is 6.00. The van der Waals surface area contributed by atoms with Gasteiger partial charge in [0.2, 0.25) is 11.9 Å². The predicted molar refractivity (Wildman–Crippen MR) is 161 cm³/mol. The fraction of sp³-hybridized carbons (Fsp3) is 0.613. The summed E-state index contributed by atoms with van der Waals surface area (Å²) in [6.45, 7) is 6.63. The monoisotopic (exact) mass is 550 g/mol. The maximum atomic E-state index is 13.0. The first-order chi connectivity index (χ1) is 19.4. The summed E-state index contributed by atoms with van der Waals surface area (Å²) in [5.41, 5.74) is 1.98. The molecule has 2 N–H and O–H groups in total. The molecule has 0 saturated heterocycles. The molecule has 1 atom stereocenters. The van der Waals surface area contributed by atoms with Crippen molar-refractivity contribution in [2.24, 2.45) is 5.92 Å². The van der Waals surface area contributed by atoms with E-state index in [4.69, 9.17) is 9.72 Å². The van der Waals surface area contributed by atoms with Crippen LogP contribution in [0.5, 0.6) is 5.75 Å². The molecule has 2 fully saturated rings. The molecule has 2 heterocycles. The Morgan fingerprint density at radius 2 is 1.70 bits per heavy atom. The highest BCUT2D eigenvalue weighted by molar-refractivity contribution is 5.99. The van der Waals surface area contributed by atoms with Crippen molar-refractivity contribution in [3.8, 4) is 5.75 Å². The molecular formula is C31H46N6O3. The van der Waals surface area contributed by atoms with Gasteiger partial charge in [-0.1, -0.05) is 59.3 Å². The van der Waals surface area contributed by atoms with Crippen molar-refractivity contribution in [2.45, 2.75) is 97.1 Å². The Bertz CT molecular complexity index is 1160. The minimum Gasteiger partial charge on any atom is -0.495 e. The third-order valence-electron chi connectivity index (χ3n) is 8.27. The van der Waals surface area contributed by atoms with Crippen LogP contribution >= 0.6 is 0 Å². The molecule has 9 nitrogen and oxygen atoms in total. The molecule has 9 heteroatoms. The van der Waals surface area contributed by atoms with Crippen molar-refractivity contribution >= 4 is 35.0 Å². The van der Waals surface area contributed by atoms with Crippen LogP contribution in [-0.4, -0.2) is 54.6 Å². The van der Waals surface area contributed by atoms with E-state index in [2.05, 4.69) is 20.5 Å². The minimum absolute atomic E-state index is 0.0759. The topological polar surface area (TPSA) is 99.7 Å². The molecule has 40 heavy (non-hydrogen) atoms. The van der Waals surface area contributed by atoms with E-state index in [0.29, 0.717) is 35.5 Å². The summed E-state index contributed by atoms with van der Waals surface area (Å²) >= 11 is 0. The molecule has 2 amide bonds. The zero-order chi connectivity index (χ0) is 28.6. The molecule has 3 aliphatic rings. The Morgan fingerprint density at radius 3 is 2.38 bits per heavy atom. The number of amides is 2. The Labute approximate surface area is 239 Å². The summed E-state index contributed by atoms with van der Waals surface area (Å²) < 4.78 is 5.63. The number of benzene rings is 1. The molecule has 1 aromatic heterocycles. The lowest BCUT2D eigenvalue weighted by atomic mass is 9.93. The number of anilines is 4. The zero-order valence-corrected chi connectivity index (χ0v) is 24.8. The first kappa shape index (κ1) is 29.6. The van der Waals surface area contributed by atoms with Crippen LogP contribution in [0, 0.1) is 5.92 Å². The number of nitrogens with one attached hydrogen (secondary N) is 2. The van der Waals surface area contributed by atoms with Crippen molar-refractivity contribution < 1.29 is 14.3 Å². The summed E-state index contributed by atoms with van der Waals surface area (Å²) in [7, 11) is 3.40. The predicted octanol–water partition coefficient (Wildman–Crippen LogP) is 6.07. The summed E-state index contributed by atoms with van der Waals surface area (Å²) in [4.78, 5) is 39.3. The second kappa shape index (κ2) is 13.8. The van der Waals surface area contributed by atoms with Gasteiger partial charge < -0.3 is 25.2 Å². The molecule has 1 aromatic carbocycles. The molecule has 1 aliphatic heterocycles. The van der Waals surface area contributed by atoms with E-state index in [1.54, 1.807) is 37.4 Å². The molecular weight excluding hydrogens is 504 g/mol. The molecule has 1 unspecified atom stereocenters. The number of fused-ring (bicyclic) bond motifs is 1. The number of ether oxygens (including phenoxy) is 1. The quantitative estimate of drug-likeness (QED) is 0.450. The first-order valence-electron chi connectivity index (χ1n) is 15.1. The van der Waals surface area contributed by atoms with Gasteiger partial charge in [-0.05, 0) is 43.9 Å². The van der Waals surface area contributed by atoms with Crippen LogP contribution in [-0.2, 0) is 4.79 Å². The fourth-order valence-electron chi connectivity index (χ4n) is 6.07. The number of rotatable bonds is 6. The number of hydrogen-bond donors (Lipinski definition) is 2. The van der Waals surface area contributed by atoms with Crippen LogP contribution in [0.1, 0.15) is 95.3 Å². The standard InChI is InChI=1S/C29H40N6O3.C2H6/c1-19-18-35(22-12-8-5-9-13-22)26-24(34(2)28(19)37)17-30-29(33-26)32-23-15-14-20(16-25(23)38-3)27(36)31-21-10-6-4-7-11-21;1-2/h14-17,19,21-22H,4-13,18H2,1-3H3,(H,31,36)(H,30,32,33);1-2H3. The smallest absolute Gasteiger partial charge is 0.251 e. The third kappa shape index (κ3) is 6.67. The average molecular weight is 551 g/mol. The maximum absolute atomic E-state index is 13.0. The molecule has 5 rings (SSSR count). The van der Waals surface area contributed by atoms with Crippen LogP contribution < -0.4 is 25.2 Å². The van der Waals surface area contributed by atoms with Gasteiger partial charge in [0.25, 0.3) is 5.91 Å². The SMILES string of the molecule is CC.COc1cc(C(=O)NC2CCCCC2)ccc1Nc1ncc2c(n1)N(C1CCCCC1)CC(C)C(=O)N2C. The molecule has 2 saturated carbocycles. The van der Waals surface area contributed by atoms with Gasteiger partial charge in [-0.2, -0.15) is 4.98 Å². The van der Waals surface area contributed by atoms with Crippen LogP contribution in [0.15, 0.2) is 24.4 Å². The van der Waals surface area contributed by atoms with E-state index in [1.165, 1.54) is 38.5 Å². The van der Waals surface area contributed by atoms with Crippen molar-refractivity contribution in [2.75, 3.05) is 35.8 Å². The fourth-order valence-corrected chi connectivity index (χ4v) is 6.07. The number of aromatic nitrogens is 2. The lowest BCUT2D eigenvalue weighted by molar-refractivity contribution is -0.121. The molecule has 218 valence electrons. The van der Waals surface area contributed by atoms with E-state index >= 15 is 0 Å². The van der Waals surface area contributed by atoms with Crippen molar-refractivity contribution in [1.29, 1.82) is 0 Å². The summed E-state index contributed by atoms with van der Waals surface area (Å²) in [5, 5.41) is 6.46. The Morgan fingerprint density at radius 1 is 1.02 bits per heavy atom. The van der Waals surface area contributed by atoms with E-state index < -0.39 is 0 Å². The molecule has 0 spiro atoms. The third-order valence-corrected chi connectivity index (χ3v) is 8.27. The molecule has 0 bridgehead atoms. The van der Waals surface area contributed by atoms with Crippen molar-refractivity contribution in [3.63, 3.8) is 0 Å². The highest BCUT2D eigenvalue weighted by Crippen LogP contribution is 2.37. The Hall–Kier alpha value is -3.36. The van der Waals surface area contributed by atoms with Crippen molar-refractivity contribution in [3.05, 3.63) is 30.0 Å². The largest absolute Gasteiger partial charge is 0.495 e. The number of nitrogens with zero attached hydrogens (tertiary/aromatic N) is 4. The van der Waals surface area contributed by atoms with Gasteiger partial charge in [0.1, 0.15) is 11.4 Å². The lowest BCUT2D eigenvalue weighted by Crippen LogP contribution is -2.41. The number of hydrogen-bond acceptors (Lipinski definition) is 7. The van der Waals surface area contributed by atoms with Crippen molar-refractivity contribution in [1.82, 2.24) is 15.3 Å². The second-order valence-corrected chi connectivity index (χ2v) is 11.0. The Kier molecular flexibility index (Phi) is 10.2. The number of methoxy groups -OCH3 is 1. The molecule has 2 aliphatic carbocycles. The van der Waals surface area contributed by atoms with Gasteiger partial charge in [-0.3, -0.25) is 9.59 Å². The van der Waals surface area contributed by atoms with Gasteiger partial charge in [-0.15, -0.1) is 0 Å². The zero-order valence-electron chi connectivity index (χ0n) is 24.8. The van der Waals surface area contributed by atoms with Gasteiger partial charge in [0.05, 0.1) is 24.9 Å². The molecule has 0 radical (unpaired) electrons. The van der Waals surface area contributed by atoms with Crippen LogP contribution in [0.25, 0.3) is 0 Å². The minimum atomic E-state index is -0.125. The van der Waals surface area contributed by atoms with E-state index in [9.17, 15) is 9.59 Å². The summed E-state index contributed by atoms with van der Waals surface area (Å²) in [5.74, 6) is 1.64. The normalized spacial score (nSPS) is 20.1. The van der Waals surface area contributed by atoms with E-state index in [0.717, 1.165) is 37.2 Å². The van der Waals surface area contributed by atoms with Gasteiger partial charge in [0.15, 0.2) is 5.82 Å². The summed E-state index contributed by atoms with van der Waals surface area (Å²) in [6.07, 6.45) is 13.2. The first-order valence-corrected chi connectivity index (χ1v) is 15.1. The molecule has 2 aromatic rings. The van der Waals surface area contributed by atoms with E-state index in [1.807, 2.05) is 26.8 Å². The van der Waals surface area contributed by atoms with Gasteiger partial charge in [0, 0.05) is 31.2 Å². The highest BCUT2D eigenvalue weighted by Gasteiger charge is 2.34. The van der Waals surface area contributed by atoms with Crippen LogP contribution in [0.3, 0.4) is 0 Å².